The summed E-state index contributed by atoms with van der Waals surface area (Å²) in [5.41, 5.74) is 6.27. The van der Waals surface area contributed by atoms with Gasteiger partial charge in [-0.25, -0.2) is 0 Å². The summed E-state index contributed by atoms with van der Waals surface area (Å²) in [6.45, 7) is 4.64. The van der Waals surface area contributed by atoms with Gasteiger partial charge in [0.2, 0.25) is 0 Å². The lowest BCUT2D eigenvalue weighted by Gasteiger charge is -2.40. The van der Waals surface area contributed by atoms with Crippen molar-refractivity contribution >= 4 is 11.6 Å². The summed E-state index contributed by atoms with van der Waals surface area (Å²) in [6.07, 6.45) is 7.94. The van der Waals surface area contributed by atoms with E-state index < -0.39 is 0 Å². The van der Waals surface area contributed by atoms with Gasteiger partial charge in [-0.3, -0.25) is 4.90 Å². The van der Waals surface area contributed by atoms with Gasteiger partial charge >= 0.3 is 0 Å². The highest BCUT2D eigenvalue weighted by Crippen LogP contribution is 2.30. The summed E-state index contributed by atoms with van der Waals surface area (Å²) in [5.74, 6) is 1.44. The van der Waals surface area contributed by atoms with E-state index in [-0.39, 0.29) is 6.17 Å². The van der Waals surface area contributed by atoms with Gasteiger partial charge in [0.25, 0.3) is 0 Å². The Bertz CT molecular complexity index is 222. The molecular weight excluding hydrogens is 220 g/mol. The molecule has 0 aromatic rings. The highest BCUT2D eigenvalue weighted by molar-refractivity contribution is 6.20. The number of hydrogen-bond donors (Lipinski definition) is 1. The van der Waals surface area contributed by atoms with Gasteiger partial charge in [0.15, 0.2) is 0 Å². The first-order chi connectivity index (χ1) is 7.66. The summed E-state index contributed by atoms with van der Waals surface area (Å²) >= 11 is 6.24. The number of rotatable bonds is 2. The highest BCUT2D eigenvalue weighted by atomic mass is 35.5. The molecule has 2 rings (SSSR count). The zero-order chi connectivity index (χ0) is 11.5. The average Bonchev–Trinajstić information content (AvgIpc) is 2.25. The highest BCUT2D eigenvalue weighted by Gasteiger charge is 2.29. The minimum atomic E-state index is 0.282. The van der Waals surface area contributed by atoms with E-state index in [9.17, 15) is 0 Å². The zero-order valence-electron chi connectivity index (χ0n) is 10.4. The normalized spacial score (nSPS) is 42.2. The Kier molecular flexibility index (Phi) is 4.51. The Morgan fingerprint density at radius 2 is 2.06 bits per heavy atom. The van der Waals surface area contributed by atoms with Crippen LogP contribution in [-0.4, -0.2) is 29.5 Å². The largest absolute Gasteiger partial charge is 0.316 e. The van der Waals surface area contributed by atoms with Crippen molar-refractivity contribution in [2.75, 3.05) is 13.1 Å². The molecule has 4 atom stereocenters. The Morgan fingerprint density at radius 1 is 1.25 bits per heavy atom. The number of piperidine rings is 1. The maximum Gasteiger partial charge on any atom is 0.0598 e. The molecule has 1 aliphatic heterocycles. The van der Waals surface area contributed by atoms with Gasteiger partial charge in [0, 0.05) is 11.9 Å². The molecule has 94 valence electrons. The van der Waals surface area contributed by atoms with Crippen LogP contribution in [0.2, 0.25) is 0 Å². The Morgan fingerprint density at radius 3 is 2.81 bits per heavy atom. The molecule has 2 nitrogen and oxygen atoms in total. The molecule has 0 amide bonds. The van der Waals surface area contributed by atoms with Crippen molar-refractivity contribution < 1.29 is 0 Å². The van der Waals surface area contributed by atoms with Crippen molar-refractivity contribution in [1.82, 2.24) is 4.90 Å². The van der Waals surface area contributed by atoms with Gasteiger partial charge in [-0.2, -0.15) is 0 Å². The van der Waals surface area contributed by atoms with Crippen molar-refractivity contribution in [1.29, 1.82) is 0 Å². The van der Waals surface area contributed by atoms with E-state index in [4.69, 9.17) is 17.3 Å². The summed E-state index contributed by atoms with van der Waals surface area (Å²) in [4.78, 5) is 2.49. The van der Waals surface area contributed by atoms with Crippen LogP contribution in [0.15, 0.2) is 0 Å². The van der Waals surface area contributed by atoms with E-state index in [1.807, 2.05) is 0 Å². The van der Waals surface area contributed by atoms with Crippen molar-refractivity contribution in [2.24, 2.45) is 17.6 Å². The molecule has 2 aliphatic rings. The fourth-order valence-corrected chi connectivity index (χ4v) is 3.64. The van der Waals surface area contributed by atoms with Crippen LogP contribution in [0.4, 0.5) is 0 Å². The number of hydrogen-bond acceptors (Lipinski definition) is 2. The lowest BCUT2D eigenvalue weighted by molar-refractivity contribution is 0.0799. The number of nitrogens with zero attached hydrogens (tertiary/aromatic N) is 1. The summed E-state index contributed by atoms with van der Waals surface area (Å²) in [5, 5.41) is 0.414. The first-order valence-corrected chi connectivity index (χ1v) is 7.24. The second-order valence-corrected chi connectivity index (χ2v) is 6.35. The van der Waals surface area contributed by atoms with Crippen LogP contribution in [0.5, 0.6) is 0 Å². The molecule has 0 aromatic carbocycles. The third kappa shape index (κ3) is 3.12. The van der Waals surface area contributed by atoms with E-state index in [0.717, 1.165) is 5.92 Å². The number of halogens is 1. The fourth-order valence-electron chi connectivity index (χ4n) is 3.23. The molecule has 1 saturated heterocycles. The maximum absolute atomic E-state index is 6.27. The van der Waals surface area contributed by atoms with Crippen LogP contribution in [0.25, 0.3) is 0 Å². The Hall–Kier alpha value is 0.210. The quantitative estimate of drug-likeness (QED) is 0.757. The number of alkyl halides is 1. The van der Waals surface area contributed by atoms with E-state index in [2.05, 4.69) is 11.8 Å². The molecule has 2 N–H and O–H groups in total. The van der Waals surface area contributed by atoms with E-state index in [1.165, 1.54) is 51.6 Å². The molecule has 4 unspecified atom stereocenters. The van der Waals surface area contributed by atoms with Crippen molar-refractivity contribution in [2.45, 2.75) is 57.0 Å². The second kappa shape index (κ2) is 5.70. The molecule has 2 fully saturated rings. The monoisotopic (exact) mass is 244 g/mol. The van der Waals surface area contributed by atoms with Crippen LogP contribution >= 0.6 is 11.6 Å². The third-order valence-electron chi connectivity index (χ3n) is 4.32. The van der Waals surface area contributed by atoms with Gasteiger partial charge in [-0.05, 0) is 50.5 Å². The maximum atomic E-state index is 6.27. The topological polar surface area (TPSA) is 29.3 Å². The number of nitrogens with two attached hydrogens (primary N) is 1. The van der Waals surface area contributed by atoms with Crippen LogP contribution < -0.4 is 5.73 Å². The van der Waals surface area contributed by atoms with Gasteiger partial charge in [-0.15, -0.1) is 11.6 Å². The van der Waals surface area contributed by atoms with Crippen molar-refractivity contribution in [3.05, 3.63) is 0 Å². The van der Waals surface area contributed by atoms with Gasteiger partial charge in [-0.1, -0.05) is 13.3 Å². The van der Waals surface area contributed by atoms with Crippen molar-refractivity contribution in [3.8, 4) is 0 Å². The van der Waals surface area contributed by atoms with E-state index in [0.29, 0.717) is 11.3 Å². The molecule has 0 bridgehead atoms. The van der Waals surface area contributed by atoms with Crippen molar-refractivity contribution in [3.63, 3.8) is 0 Å². The molecule has 0 spiro atoms. The predicted molar refractivity (Wildman–Crippen MR) is 69.5 cm³/mol. The molecule has 0 radical (unpaired) electrons. The summed E-state index contributed by atoms with van der Waals surface area (Å²) < 4.78 is 0. The molecule has 1 heterocycles. The Labute approximate surface area is 105 Å². The standard InChI is InChI=1S/C13H25ClN2/c1-10-4-3-7-16(13(10)15)9-11-5-2-6-12(14)8-11/h10-13H,2-9,15H2,1H3. The molecule has 3 heteroatoms. The van der Waals surface area contributed by atoms with E-state index in [1.54, 1.807) is 0 Å². The van der Waals surface area contributed by atoms with Gasteiger partial charge in [0.05, 0.1) is 6.17 Å². The Balaban J connectivity index is 1.83. The van der Waals surface area contributed by atoms with Crippen LogP contribution in [0.3, 0.4) is 0 Å². The average molecular weight is 245 g/mol. The predicted octanol–water partition coefficient (Wildman–Crippen LogP) is 2.80. The molecule has 1 aliphatic carbocycles. The van der Waals surface area contributed by atoms with Crippen LogP contribution in [-0.2, 0) is 0 Å². The lowest BCUT2D eigenvalue weighted by Crippen LogP contribution is -2.51. The first-order valence-electron chi connectivity index (χ1n) is 6.80. The minimum Gasteiger partial charge on any atom is -0.316 e. The molecule has 1 saturated carbocycles. The van der Waals surface area contributed by atoms with Crippen LogP contribution in [0.1, 0.15) is 45.4 Å². The van der Waals surface area contributed by atoms with Crippen LogP contribution in [0, 0.1) is 11.8 Å². The lowest BCUT2D eigenvalue weighted by atomic mass is 9.87. The third-order valence-corrected chi connectivity index (χ3v) is 4.72. The number of likely N-dealkylation sites (tertiary alicyclic amines) is 1. The molecule has 16 heavy (non-hydrogen) atoms. The smallest absolute Gasteiger partial charge is 0.0598 e. The zero-order valence-corrected chi connectivity index (χ0v) is 11.1. The fraction of sp³-hybridized carbons (Fsp3) is 1.00. The van der Waals surface area contributed by atoms with E-state index >= 15 is 0 Å². The molecular formula is C13H25ClN2. The second-order valence-electron chi connectivity index (χ2n) is 5.73. The summed E-state index contributed by atoms with van der Waals surface area (Å²) in [6, 6.07) is 0. The SMILES string of the molecule is CC1CCCN(CC2CCCC(Cl)C2)C1N. The molecule has 0 aromatic heterocycles. The summed E-state index contributed by atoms with van der Waals surface area (Å²) in [7, 11) is 0. The van der Waals surface area contributed by atoms with Gasteiger partial charge in [0.1, 0.15) is 0 Å². The minimum absolute atomic E-state index is 0.282. The van der Waals surface area contributed by atoms with Gasteiger partial charge < -0.3 is 5.73 Å². The first kappa shape index (κ1) is 12.7.